The van der Waals surface area contributed by atoms with Gasteiger partial charge in [-0.05, 0) is 25.8 Å². The van der Waals surface area contributed by atoms with Crippen LogP contribution in [0.1, 0.15) is 19.4 Å². The second-order valence-electron chi connectivity index (χ2n) is 4.28. The lowest BCUT2D eigenvalue weighted by molar-refractivity contribution is -0.147. The number of nitrogens with two attached hydrogens (primary N) is 1. The molecular formula is C14H20N2O3. The van der Waals surface area contributed by atoms with Crippen LogP contribution < -0.4 is 11.1 Å². The number of nitrogens with one attached hydrogen (secondary N) is 1. The Kier molecular flexibility index (Phi) is 6.02. The van der Waals surface area contributed by atoms with Gasteiger partial charge < -0.3 is 15.8 Å². The Morgan fingerprint density at radius 1 is 1.32 bits per heavy atom. The number of ether oxygens (including phenoxy) is 1. The normalized spacial score (nSPS) is 13.4. The molecule has 1 amide bonds. The van der Waals surface area contributed by atoms with E-state index in [-0.39, 0.29) is 12.5 Å². The summed E-state index contributed by atoms with van der Waals surface area (Å²) in [5.74, 6) is -0.813. The predicted octanol–water partition coefficient (Wildman–Crippen LogP) is 0.624. The number of rotatable bonds is 6. The smallest absolute Gasteiger partial charge is 0.328 e. The minimum Gasteiger partial charge on any atom is -0.464 e. The van der Waals surface area contributed by atoms with Crippen LogP contribution in [0.25, 0.3) is 0 Å². The van der Waals surface area contributed by atoms with Gasteiger partial charge in [-0.3, -0.25) is 4.79 Å². The fourth-order valence-corrected chi connectivity index (χ4v) is 1.61. The molecule has 0 radical (unpaired) electrons. The van der Waals surface area contributed by atoms with Crippen LogP contribution in [0.4, 0.5) is 0 Å². The maximum atomic E-state index is 11.8. The zero-order valence-corrected chi connectivity index (χ0v) is 11.3. The molecule has 0 unspecified atom stereocenters. The van der Waals surface area contributed by atoms with Gasteiger partial charge in [0.05, 0.1) is 12.6 Å². The van der Waals surface area contributed by atoms with Gasteiger partial charge in [0.2, 0.25) is 5.91 Å². The molecule has 3 N–H and O–H groups in total. The summed E-state index contributed by atoms with van der Waals surface area (Å²) in [7, 11) is 0. The molecule has 0 bridgehead atoms. The molecule has 5 nitrogen and oxygen atoms in total. The maximum Gasteiger partial charge on any atom is 0.328 e. The van der Waals surface area contributed by atoms with E-state index in [0.717, 1.165) is 5.56 Å². The Labute approximate surface area is 113 Å². The molecule has 0 fully saturated rings. The van der Waals surface area contributed by atoms with Crippen molar-refractivity contribution in [3.05, 3.63) is 35.9 Å². The summed E-state index contributed by atoms with van der Waals surface area (Å²) in [5.41, 5.74) is 6.79. The van der Waals surface area contributed by atoms with Crippen molar-refractivity contribution in [2.75, 3.05) is 6.61 Å². The summed E-state index contributed by atoms with van der Waals surface area (Å²) in [6, 6.07) is 8.12. The second kappa shape index (κ2) is 7.53. The predicted molar refractivity (Wildman–Crippen MR) is 72.4 cm³/mol. The van der Waals surface area contributed by atoms with Gasteiger partial charge >= 0.3 is 5.97 Å². The highest BCUT2D eigenvalue weighted by Gasteiger charge is 2.20. The van der Waals surface area contributed by atoms with Crippen molar-refractivity contribution in [2.24, 2.45) is 5.73 Å². The Morgan fingerprint density at radius 3 is 2.53 bits per heavy atom. The first-order valence-electron chi connectivity index (χ1n) is 6.31. The Morgan fingerprint density at radius 2 is 1.95 bits per heavy atom. The van der Waals surface area contributed by atoms with Gasteiger partial charge in [0, 0.05) is 0 Å². The van der Waals surface area contributed by atoms with E-state index in [9.17, 15) is 9.59 Å². The summed E-state index contributed by atoms with van der Waals surface area (Å²) in [4.78, 5) is 23.2. The van der Waals surface area contributed by atoms with Crippen molar-refractivity contribution in [1.82, 2.24) is 5.32 Å². The molecule has 0 aliphatic heterocycles. The summed E-state index contributed by atoms with van der Waals surface area (Å²) >= 11 is 0. The summed E-state index contributed by atoms with van der Waals surface area (Å²) in [6.45, 7) is 3.58. The van der Waals surface area contributed by atoms with Crippen LogP contribution in [0.5, 0.6) is 0 Å². The Bertz CT molecular complexity index is 420. The number of hydrogen-bond acceptors (Lipinski definition) is 4. The molecule has 2 atom stereocenters. The van der Waals surface area contributed by atoms with Crippen molar-refractivity contribution in [2.45, 2.75) is 32.4 Å². The number of hydrogen-bond donors (Lipinski definition) is 2. The van der Waals surface area contributed by atoms with Crippen LogP contribution in [0.2, 0.25) is 0 Å². The quantitative estimate of drug-likeness (QED) is 0.738. The monoisotopic (exact) mass is 264 g/mol. The summed E-state index contributed by atoms with van der Waals surface area (Å²) in [5, 5.41) is 2.55. The lowest BCUT2D eigenvalue weighted by Gasteiger charge is -2.16. The molecule has 0 heterocycles. The zero-order chi connectivity index (χ0) is 14.3. The number of carbonyl (C=O) groups excluding carboxylic acids is 2. The fraction of sp³-hybridized carbons (Fsp3) is 0.429. The van der Waals surface area contributed by atoms with Crippen molar-refractivity contribution < 1.29 is 14.3 Å². The lowest BCUT2D eigenvalue weighted by atomic mass is 10.1. The van der Waals surface area contributed by atoms with Crippen LogP contribution in [0.3, 0.4) is 0 Å². The molecule has 104 valence electrons. The molecule has 1 aromatic rings. The van der Waals surface area contributed by atoms with Crippen LogP contribution in [0, 0.1) is 0 Å². The van der Waals surface area contributed by atoms with Crippen molar-refractivity contribution in [1.29, 1.82) is 0 Å². The topological polar surface area (TPSA) is 81.4 Å². The van der Waals surface area contributed by atoms with E-state index in [4.69, 9.17) is 10.5 Å². The van der Waals surface area contributed by atoms with Gasteiger partial charge in [-0.1, -0.05) is 30.3 Å². The summed E-state index contributed by atoms with van der Waals surface area (Å²) in [6.07, 6.45) is 0.433. The third kappa shape index (κ3) is 5.09. The number of esters is 1. The minimum absolute atomic E-state index is 0.287. The van der Waals surface area contributed by atoms with Crippen LogP contribution in [-0.4, -0.2) is 30.6 Å². The zero-order valence-electron chi connectivity index (χ0n) is 11.3. The number of benzene rings is 1. The van der Waals surface area contributed by atoms with E-state index >= 15 is 0 Å². The van der Waals surface area contributed by atoms with E-state index in [2.05, 4.69) is 5.32 Å². The first kappa shape index (κ1) is 15.2. The third-order valence-corrected chi connectivity index (χ3v) is 2.63. The van der Waals surface area contributed by atoms with E-state index in [1.54, 1.807) is 13.8 Å². The first-order valence-corrected chi connectivity index (χ1v) is 6.31. The standard InChI is InChI=1S/C14H20N2O3/c1-3-19-14(18)10(2)16-13(17)12(15)9-11-7-5-4-6-8-11/h4-8,10,12H,3,9,15H2,1-2H3,(H,16,17)/t10-,12+/m1/s1. The fourth-order valence-electron chi connectivity index (χ4n) is 1.61. The molecule has 0 saturated carbocycles. The third-order valence-electron chi connectivity index (χ3n) is 2.63. The van der Waals surface area contributed by atoms with Crippen molar-refractivity contribution in [3.8, 4) is 0 Å². The maximum absolute atomic E-state index is 11.8. The van der Waals surface area contributed by atoms with Gasteiger partial charge in [-0.2, -0.15) is 0 Å². The van der Waals surface area contributed by atoms with Gasteiger partial charge in [0.15, 0.2) is 0 Å². The second-order valence-corrected chi connectivity index (χ2v) is 4.28. The van der Waals surface area contributed by atoms with E-state index in [0.29, 0.717) is 6.42 Å². The number of carbonyl (C=O) groups is 2. The van der Waals surface area contributed by atoms with Crippen LogP contribution >= 0.6 is 0 Å². The van der Waals surface area contributed by atoms with Crippen molar-refractivity contribution in [3.63, 3.8) is 0 Å². The average Bonchev–Trinajstić information content (AvgIpc) is 2.40. The van der Waals surface area contributed by atoms with Crippen LogP contribution in [-0.2, 0) is 20.7 Å². The van der Waals surface area contributed by atoms with Crippen molar-refractivity contribution >= 4 is 11.9 Å². The van der Waals surface area contributed by atoms with Gasteiger partial charge in [0.25, 0.3) is 0 Å². The van der Waals surface area contributed by atoms with E-state index < -0.39 is 18.1 Å². The Hall–Kier alpha value is -1.88. The lowest BCUT2D eigenvalue weighted by Crippen LogP contribution is -2.48. The molecule has 19 heavy (non-hydrogen) atoms. The van der Waals surface area contributed by atoms with Gasteiger partial charge in [-0.25, -0.2) is 4.79 Å². The van der Waals surface area contributed by atoms with E-state index in [1.165, 1.54) is 0 Å². The molecular weight excluding hydrogens is 244 g/mol. The van der Waals surface area contributed by atoms with Crippen LogP contribution in [0.15, 0.2) is 30.3 Å². The molecule has 0 saturated heterocycles. The highest BCUT2D eigenvalue weighted by molar-refractivity contribution is 5.87. The van der Waals surface area contributed by atoms with Gasteiger partial charge in [0.1, 0.15) is 6.04 Å². The first-order chi connectivity index (χ1) is 9.04. The molecule has 0 aliphatic carbocycles. The van der Waals surface area contributed by atoms with E-state index in [1.807, 2.05) is 30.3 Å². The molecule has 5 heteroatoms. The minimum atomic E-state index is -0.686. The average molecular weight is 264 g/mol. The highest BCUT2D eigenvalue weighted by Crippen LogP contribution is 2.02. The molecule has 0 aliphatic rings. The largest absolute Gasteiger partial charge is 0.464 e. The number of amides is 1. The molecule has 0 spiro atoms. The molecule has 0 aromatic heterocycles. The molecule has 1 aromatic carbocycles. The SMILES string of the molecule is CCOC(=O)[C@@H](C)NC(=O)[C@@H](N)Cc1ccccc1. The highest BCUT2D eigenvalue weighted by atomic mass is 16.5. The molecule has 1 rings (SSSR count). The van der Waals surface area contributed by atoms with Gasteiger partial charge in [-0.15, -0.1) is 0 Å². The Balaban J connectivity index is 2.47. The summed E-state index contributed by atoms with van der Waals surface area (Å²) < 4.78 is 4.81.